The number of morpholine rings is 1. The molecule has 0 aliphatic carbocycles. The number of carbonyl (C=O) groups is 1. The molecule has 1 aliphatic heterocycles. The van der Waals surface area contributed by atoms with Gasteiger partial charge >= 0.3 is 5.97 Å². The van der Waals surface area contributed by atoms with Crippen molar-refractivity contribution in [2.75, 3.05) is 38.3 Å². The van der Waals surface area contributed by atoms with Crippen LogP contribution in [0.1, 0.15) is 28.9 Å². The van der Waals surface area contributed by atoms with E-state index in [1.807, 2.05) is 6.07 Å². The average molecular weight is 421 g/mol. The van der Waals surface area contributed by atoms with Crippen LogP contribution in [-0.2, 0) is 4.74 Å². The molecule has 162 valence electrons. The smallest absolute Gasteiger partial charge is 0.335 e. The molecule has 2 N–H and O–H groups in total. The van der Waals surface area contributed by atoms with Crippen LogP contribution in [0.15, 0.2) is 60.7 Å². The van der Waals surface area contributed by atoms with E-state index < -0.39 is 5.97 Å². The Bertz CT molecular complexity index is 1060. The monoisotopic (exact) mass is 420 g/mol. The Morgan fingerprint density at radius 2 is 2.03 bits per heavy atom. The molecule has 0 radical (unpaired) electrons. The first kappa shape index (κ1) is 21.2. The predicted molar refractivity (Wildman–Crippen MR) is 122 cm³/mol. The SMILES string of the molecule is COc1cc(C(=O)O)ccc1N1CCOC(CN[C@H](C)c2cccc3ccccc23)C1. The van der Waals surface area contributed by atoms with Crippen molar-refractivity contribution in [3.63, 3.8) is 0 Å². The van der Waals surface area contributed by atoms with E-state index in [0.717, 1.165) is 18.8 Å². The zero-order chi connectivity index (χ0) is 21.8. The Hall–Kier alpha value is -3.09. The van der Waals surface area contributed by atoms with Crippen LogP contribution in [0.25, 0.3) is 10.8 Å². The molecule has 1 saturated heterocycles. The standard InChI is InChI=1S/C25H28N2O4/c1-17(21-9-5-7-18-6-3-4-8-22(18)21)26-15-20-16-27(12-13-31-20)23-11-10-19(25(28)29)14-24(23)30-2/h3-11,14,17,20,26H,12-13,15-16H2,1-2H3,(H,28,29)/t17-,20?/m1/s1. The Balaban J connectivity index is 1.43. The summed E-state index contributed by atoms with van der Waals surface area (Å²) in [7, 11) is 1.57. The highest BCUT2D eigenvalue weighted by atomic mass is 16.5. The number of anilines is 1. The minimum atomic E-state index is -0.962. The van der Waals surface area contributed by atoms with E-state index in [9.17, 15) is 9.90 Å². The molecule has 3 aromatic rings. The van der Waals surface area contributed by atoms with Crippen LogP contribution in [0.3, 0.4) is 0 Å². The quantitative estimate of drug-likeness (QED) is 0.600. The van der Waals surface area contributed by atoms with Gasteiger partial charge in [-0.25, -0.2) is 4.79 Å². The molecule has 4 rings (SSSR count). The fourth-order valence-corrected chi connectivity index (χ4v) is 4.18. The van der Waals surface area contributed by atoms with Crippen molar-refractivity contribution in [1.29, 1.82) is 0 Å². The fourth-order valence-electron chi connectivity index (χ4n) is 4.18. The Kier molecular flexibility index (Phi) is 6.39. The van der Waals surface area contributed by atoms with Crippen molar-refractivity contribution in [3.05, 3.63) is 71.8 Å². The van der Waals surface area contributed by atoms with Crippen molar-refractivity contribution in [1.82, 2.24) is 5.32 Å². The summed E-state index contributed by atoms with van der Waals surface area (Å²) >= 11 is 0. The molecule has 1 heterocycles. The topological polar surface area (TPSA) is 71.0 Å². The normalized spacial score (nSPS) is 17.5. The third-order valence-electron chi connectivity index (χ3n) is 5.85. The number of methoxy groups -OCH3 is 1. The molecule has 6 nitrogen and oxygen atoms in total. The van der Waals surface area contributed by atoms with Gasteiger partial charge in [0.15, 0.2) is 0 Å². The van der Waals surface area contributed by atoms with E-state index in [1.165, 1.54) is 16.3 Å². The van der Waals surface area contributed by atoms with Crippen LogP contribution in [0.2, 0.25) is 0 Å². The second kappa shape index (κ2) is 9.37. The number of hydrogen-bond donors (Lipinski definition) is 2. The molecule has 31 heavy (non-hydrogen) atoms. The molecule has 0 bridgehead atoms. The van der Waals surface area contributed by atoms with Gasteiger partial charge in [-0.3, -0.25) is 0 Å². The zero-order valence-corrected chi connectivity index (χ0v) is 17.9. The lowest BCUT2D eigenvalue weighted by atomic mass is 9.99. The minimum Gasteiger partial charge on any atom is -0.495 e. The third kappa shape index (κ3) is 4.65. The van der Waals surface area contributed by atoms with Crippen molar-refractivity contribution in [3.8, 4) is 5.75 Å². The van der Waals surface area contributed by atoms with E-state index in [-0.39, 0.29) is 17.7 Å². The van der Waals surface area contributed by atoms with Gasteiger partial charge in [0, 0.05) is 25.7 Å². The van der Waals surface area contributed by atoms with E-state index in [0.29, 0.717) is 18.9 Å². The number of nitrogens with zero attached hydrogens (tertiary/aromatic N) is 1. The molecular formula is C25H28N2O4. The molecule has 2 atom stereocenters. The molecule has 1 fully saturated rings. The molecule has 0 spiro atoms. The van der Waals surface area contributed by atoms with Crippen molar-refractivity contribution < 1.29 is 19.4 Å². The summed E-state index contributed by atoms with van der Waals surface area (Å²) < 4.78 is 11.5. The maximum atomic E-state index is 11.3. The number of nitrogens with one attached hydrogen (secondary N) is 1. The zero-order valence-electron chi connectivity index (χ0n) is 17.9. The van der Waals surface area contributed by atoms with Gasteiger partial charge in [0.25, 0.3) is 0 Å². The second-order valence-electron chi connectivity index (χ2n) is 7.83. The number of fused-ring (bicyclic) bond motifs is 1. The van der Waals surface area contributed by atoms with Crippen LogP contribution in [-0.4, -0.2) is 50.5 Å². The van der Waals surface area contributed by atoms with E-state index in [2.05, 4.69) is 59.6 Å². The van der Waals surface area contributed by atoms with Gasteiger partial charge in [-0.2, -0.15) is 0 Å². The molecule has 0 aromatic heterocycles. The third-order valence-corrected chi connectivity index (χ3v) is 5.85. The molecule has 0 amide bonds. The highest BCUT2D eigenvalue weighted by Crippen LogP contribution is 2.31. The maximum absolute atomic E-state index is 11.3. The predicted octanol–water partition coefficient (Wildman–Crippen LogP) is 4.10. The number of carboxylic acid groups (broad SMARTS) is 1. The number of hydrogen-bond acceptors (Lipinski definition) is 5. The summed E-state index contributed by atoms with van der Waals surface area (Å²) in [5.74, 6) is -0.394. The molecular weight excluding hydrogens is 392 g/mol. The van der Waals surface area contributed by atoms with E-state index in [4.69, 9.17) is 9.47 Å². The number of ether oxygens (including phenoxy) is 2. The van der Waals surface area contributed by atoms with Gasteiger partial charge in [0.2, 0.25) is 0 Å². The highest BCUT2D eigenvalue weighted by Gasteiger charge is 2.24. The lowest BCUT2D eigenvalue weighted by molar-refractivity contribution is 0.0393. The second-order valence-corrected chi connectivity index (χ2v) is 7.83. The minimum absolute atomic E-state index is 0.0232. The van der Waals surface area contributed by atoms with Crippen molar-refractivity contribution in [2.45, 2.75) is 19.1 Å². The summed E-state index contributed by atoms with van der Waals surface area (Å²) in [6.07, 6.45) is 0.0232. The van der Waals surface area contributed by atoms with Gasteiger partial charge < -0.3 is 24.8 Å². The fraction of sp³-hybridized carbons (Fsp3) is 0.320. The number of rotatable bonds is 7. The van der Waals surface area contributed by atoms with Gasteiger partial charge in [-0.05, 0) is 41.5 Å². The molecule has 3 aromatic carbocycles. The van der Waals surface area contributed by atoms with E-state index >= 15 is 0 Å². The van der Waals surface area contributed by atoms with E-state index in [1.54, 1.807) is 19.2 Å². The van der Waals surface area contributed by atoms with Gasteiger partial charge in [0.05, 0.1) is 31.1 Å². The number of benzene rings is 3. The van der Waals surface area contributed by atoms with Crippen molar-refractivity contribution in [2.24, 2.45) is 0 Å². The Labute approximate surface area is 182 Å². The molecule has 1 unspecified atom stereocenters. The number of aromatic carboxylic acids is 1. The summed E-state index contributed by atoms with van der Waals surface area (Å²) in [6, 6.07) is 20.0. The first-order valence-electron chi connectivity index (χ1n) is 10.6. The number of carboxylic acids is 1. The molecule has 6 heteroatoms. The Morgan fingerprint density at radius 1 is 1.23 bits per heavy atom. The maximum Gasteiger partial charge on any atom is 0.335 e. The van der Waals surface area contributed by atoms with Gasteiger partial charge in [-0.1, -0.05) is 42.5 Å². The van der Waals surface area contributed by atoms with Gasteiger partial charge in [0.1, 0.15) is 5.75 Å². The molecule has 0 saturated carbocycles. The van der Waals surface area contributed by atoms with Crippen LogP contribution in [0, 0.1) is 0 Å². The largest absolute Gasteiger partial charge is 0.495 e. The summed E-state index contributed by atoms with van der Waals surface area (Å²) in [5, 5.41) is 15.4. The first-order valence-corrected chi connectivity index (χ1v) is 10.6. The van der Waals surface area contributed by atoms with Crippen LogP contribution in [0.4, 0.5) is 5.69 Å². The van der Waals surface area contributed by atoms with Crippen LogP contribution >= 0.6 is 0 Å². The van der Waals surface area contributed by atoms with Crippen molar-refractivity contribution >= 4 is 22.4 Å². The van der Waals surface area contributed by atoms with Gasteiger partial charge in [-0.15, -0.1) is 0 Å². The Morgan fingerprint density at radius 3 is 2.84 bits per heavy atom. The summed E-state index contributed by atoms with van der Waals surface area (Å²) in [5.41, 5.74) is 2.38. The lowest BCUT2D eigenvalue weighted by Crippen LogP contribution is -2.47. The highest BCUT2D eigenvalue weighted by molar-refractivity contribution is 5.89. The first-order chi connectivity index (χ1) is 15.1. The molecule has 1 aliphatic rings. The lowest BCUT2D eigenvalue weighted by Gasteiger charge is -2.36. The summed E-state index contributed by atoms with van der Waals surface area (Å²) in [6.45, 7) is 4.95. The summed E-state index contributed by atoms with van der Waals surface area (Å²) in [4.78, 5) is 13.5. The van der Waals surface area contributed by atoms with Crippen LogP contribution in [0.5, 0.6) is 5.75 Å². The average Bonchev–Trinajstić information content (AvgIpc) is 2.81. The van der Waals surface area contributed by atoms with Crippen LogP contribution < -0.4 is 15.0 Å².